The van der Waals surface area contributed by atoms with E-state index in [4.69, 9.17) is 15.0 Å². The van der Waals surface area contributed by atoms with E-state index in [2.05, 4.69) is 19.2 Å². The first kappa shape index (κ1) is 14.4. The van der Waals surface area contributed by atoms with Crippen LogP contribution in [-0.4, -0.2) is 38.1 Å². The van der Waals surface area contributed by atoms with E-state index in [-0.39, 0.29) is 5.41 Å². The number of likely N-dealkylation sites (N-methyl/N-ethyl adjacent to an activating group) is 1. The summed E-state index contributed by atoms with van der Waals surface area (Å²) >= 11 is 0. The largest absolute Gasteiger partial charge is 0.783 e. The zero-order valence-electron chi connectivity index (χ0n) is 11.7. The standard InChI is InChI=1S/C12H21BN3O3/c1-4-16(17)10-6-5-9(11(14)15-10)13-18-7-12(2,3)8-19-13/h5-6,10,15H,4,7-8,14H2,1-3H3/q-1. The predicted octanol–water partition coefficient (Wildman–Crippen LogP) is 0.562. The van der Waals surface area contributed by atoms with Crippen LogP contribution >= 0.6 is 0 Å². The topological polar surface area (TPSA) is 82.8 Å². The van der Waals surface area contributed by atoms with E-state index < -0.39 is 13.3 Å². The summed E-state index contributed by atoms with van der Waals surface area (Å²) in [6.45, 7) is 7.61. The maximum absolute atomic E-state index is 11.5. The fraction of sp³-hybridized carbons (Fsp3) is 0.667. The van der Waals surface area contributed by atoms with Gasteiger partial charge >= 0.3 is 7.12 Å². The summed E-state index contributed by atoms with van der Waals surface area (Å²) in [6, 6.07) is 0. The average Bonchev–Trinajstić information content (AvgIpc) is 2.38. The monoisotopic (exact) mass is 266 g/mol. The van der Waals surface area contributed by atoms with Crippen LogP contribution in [0.2, 0.25) is 0 Å². The Morgan fingerprint density at radius 3 is 2.68 bits per heavy atom. The third-order valence-corrected chi connectivity index (χ3v) is 3.20. The van der Waals surface area contributed by atoms with Gasteiger partial charge in [0.2, 0.25) is 0 Å². The van der Waals surface area contributed by atoms with E-state index >= 15 is 0 Å². The molecule has 106 valence electrons. The fourth-order valence-electron chi connectivity index (χ4n) is 2.02. The quantitative estimate of drug-likeness (QED) is 0.573. The minimum Gasteiger partial charge on any atom is -0.783 e. The number of hydrogen-bond acceptors (Lipinski definition) is 6. The lowest BCUT2D eigenvalue weighted by Gasteiger charge is -2.39. The molecular formula is C12H21BN3O3-. The second-order valence-corrected chi connectivity index (χ2v) is 5.67. The van der Waals surface area contributed by atoms with Gasteiger partial charge in [0.25, 0.3) is 0 Å². The molecule has 7 heteroatoms. The van der Waals surface area contributed by atoms with Crippen LogP contribution in [0.4, 0.5) is 0 Å². The lowest BCUT2D eigenvalue weighted by atomic mass is 9.74. The number of rotatable bonds is 3. The van der Waals surface area contributed by atoms with Crippen LogP contribution in [-0.2, 0) is 9.31 Å². The van der Waals surface area contributed by atoms with Crippen LogP contribution in [0, 0.1) is 10.6 Å². The van der Waals surface area contributed by atoms with Crippen molar-refractivity contribution in [3.8, 4) is 0 Å². The molecule has 1 fully saturated rings. The number of hydroxylamine groups is 2. The van der Waals surface area contributed by atoms with E-state index in [0.717, 1.165) is 10.5 Å². The number of dihydropyridines is 1. The van der Waals surface area contributed by atoms with Crippen LogP contribution in [0.15, 0.2) is 23.4 Å². The first-order valence-corrected chi connectivity index (χ1v) is 6.54. The Hall–Kier alpha value is -1.02. The number of nitrogens with zero attached hydrogens (tertiary/aromatic N) is 1. The molecule has 3 N–H and O–H groups in total. The van der Waals surface area contributed by atoms with Crippen LogP contribution in [0.25, 0.3) is 0 Å². The van der Waals surface area contributed by atoms with Gasteiger partial charge in [0.15, 0.2) is 0 Å². The number of allylic oxidation sites excluding steroid dienone is 2. The van der Waals surface area contributed by atoms with Crippen LogP contribution in [0.1, 0.15) is 20.8 Å². The van der Waals surface area contributed by atoms with Crippen LogP contribution in [0.3, 0.4) is 0 Å². The Balaban J connectivity index is 2.01. The van der Waals surface area contributed by atoms with Crippen molar-refractivity contribution in [2.75, 3.05) is 19.8 Å². The first-order valence-electron chi connectivity index (χ1n) is 6.54. The van der Waals surface area contributed by atoms with E-state index in [9.17, 15) is 5.21 Å². The molecule has 19 heavy (non-hydrogen) atoms. The molecule has 1 saturated heterocycles. The van der Waals surface area contributed by atoms with Crippen molar-refractivity contribution >= 4 is 7.12 Å². The van der Waals surface area contributed by atoms with Gasteiger partial charge < -0.3 is 30.6 Å². The Kier molecular flexibility index (Phi) is 4.20. The highest BCUT2D eigenvalue weighted by Gasteiger charge is 2.36. The summed E-state index contributed by atoms with van der Waals surface area (Å²) in [5.74, 6) is 0.437. The van der Waals surface area contributed by atoms with Gasteiger partial charge in [-0.05, 0) is 12.6 Å². The summed E-state index contributed by atoms with van der Waals surface area (Å²) in [5.41, 5.74) is 6.72. The van der Waals surface area contributed by atoms with Crippen molar-refractivity contribution in [1.82, 2.24) is 10.4 Å². The van der Waals surface area contributed by atoms with Crippen LogP contribution < -0.4 is 11.1 Å². The summed E-state index contributed by atoms with van der Waals surface area (Å²) in [6.07, 6.45) is 3.16. The minimum atomic E-state index is -0.459. The highest BCUT2D eigenvalue weighted by Crippen LogP contribution is 2.25. The smallest absolute Gasteiger partial charge is 0.497 e. The molecule has 0 aromatic heterocycles. The molecule has 0 aromatic carbocycles. The molecule has 1 unspecified atom stereocenters. The van der Waals surface area contributed by atoms with Gasteiger partial charge in [0.1, 0.15) is 0 Å². The Labute approximate surface area is 114 Å². The SMILES string of the molecule is CCN([O-])C1C=CC(B2OCC(C)(C)CO2)=C(N)N1. The molecular weight excluding hydrogens is 245 g/mol. The summed E-state index contributed by atoms with van der Waals surface area (Å²) < 4.78 is 11.4. The van der Waals surface area contributed by atoms with Crippen molar-refractivity contribution in [2.24, 2.45) is 11.1 Å². The zero-order chi connectivity index (χ0) is 14.0. The van der Waals surface area contributed by atoms with Crippen molar-refractivity contribution in [3.05, 3.63) is 28.7 Å². The van der Waals surface area contributed by atoms with Gasteiger partial charge in [-0.3, -0.25) is 0 Å². The zero-order valence-corrected chi connectivity index (χ0v) is 11.7. The first-order chi connectivity index (χ1) is 8.93. The van der Waals surface area contributed by atoms with Crippen molar-refractivity contribution in [3.63, 3.8) is 0 Å². The molecule has 0 aromatic rings. The molecule has 2 heterocycles. The molecule has 2 aliphatic heterocycles. The maximum atomic E-state index is 11.5. The van der Waals surface area contributed by atoms with Crippen molar-refractivity contribution < 1.29 is 9.31 Å². The summed E-state index contributed by atoms with van der Waals surface area (Å²) in [4.78, 5) is 0. The predicted molar refractivity (Wildman–Crippen MR) is 74.5 cm³/mol. The molecule has 0 spiro atoms. The molecule has 1 atom stereocenters. The minimum absolute atomic E-state index is 0.0220. The Bertz CT molecular complexity index is 388. The lowest BCUT2D eigenvalue weighted by Crippen LogP contribution is -2.48. The maximum Gasteiger partial charge on any atom is 0.497 e. The normalized spacial score (nSPS) is 26.8. The molecule has 0 aliphatic carbocycles. The average molecular weight is 266 g/mol. The molecule has 2 rings (SSSR count). The second-order valence-electron chi connectivity index (χ2n) is 5.67. The molecule has 0 saturated carbocycles. The molecule has 0 radical (unpaired) electrons. The van der Waals surface area contributed by atoms with Crippen LogP contribution in [0.5, 0.6) is 0 Å². The number of nitrogens with two attached hydrogens (primary N) is 1. The van der Waals surface area contributed by atoms with E-state index in [1.54, 1.807) is 19.1 Å². The second kappa shape index (κ2) is 5.54. The number of nitrogens with one attached hydrogen (secondary N) is 1. The van der Waals surface area contributed by atoms with Gasteiger partial charge in [0, 0.05) is 24.1 Å². The van der Waals surface area contributed by atoms with E-state index in [1.165, 1.54) is 0 Å². The van der Waals surface area contributed by atoms with Gasteiger partial charge in [-0.15, -0.1) is 0 Å². The van der Waals surface area contributed by atoms with Gasteiger partial charge in [-0.1, -0.05) is 26.8 Å². The summed E-state index contributed by atoms with van der Waals surface area (Å²) in [5, 5.41) is 15.4. The molecule has 0 bridgehead atoms. The summed E-state index contributed by atoms with van der Waals surface area (Å²) in [7, 11) is -0.459. The van der Waals surface area contributed by atoms with Crippen molar-refractivity contribution in [2.45, 2.75) is 26.9 Å². The highest BCUT2D eigenvalue weighted by atomic mass is 16.6. The third-order valence-electron chi connectivity index (χ3n) is 3.20. The van der Waals surface area contributed by atoms with Gasteiger partial charge in [-0.2, -0.15) is 0 Å². The lowest BCUT2D eigenvalue weighted by molar-refractivity contribution is 0.0323. The fourth-order valence-corrected chi connectivity index (χ4v) is 2.02. The Morgan fingerprint density at radius 1 is 1.53 bits per heavy atom. The molecule has 6 nitrogen and oxygen atoms in total. The van der Waals surface area contributed by atoms with E-state index in [0.29, 0.717) is 25.6 Å². The third kappa shape index (κ3) is 3.30. The highest BCUT2D eigenvalue weighted by molar-refractivity contribution is 6.55. The van der Waals surface area contributed by atoms with Gasteiger partial charge in [-0.25, -0.2) is 0 Å². The number of hydrogen-bond donors (Lipinski definition) is 2. The van der Waals surface area contributed by atoms with Gasteiger partial charge in [0.05, 0.1) is 12.0 Å². The van der Waals surface area contributed by atoms with E-state index in [1.807, 2.05) is 0 Å². The molecule has 0 amide bonds. The molecule has 2 aliphatic rings. The Morgan fingerprint density at radius 2 is 2.16 bits per heavy atom. The van der Waals surface area contributed by atoms with Crippen molar-refractivity contribution in [1.29, 1.82) is 0 Å².